The second-order valence-corrected chi connectivity index (χ2v) is 3.18. The third-order valence-electron chi connectivity index (χ3n) is 2.10. The van der Waals surface area contributed by atoms with Crippen molar-refractivity contribution in [1.82, 2.24) is 10.6 Å². The monoisotopic (exact) mass is 186 g/mol. The van der Waals surface area contributed by atoms with Gasteiger partial charge in [-0.15, -0.1) is 0 Å². The molecular formula is C9H18N2O2. The first-order valence-corrected chi connectivity index (χ1v) is 4.51. The molecule has 2 atom stereocenters. The van der Waals surface area contributed by atoms with Crippen LogP contribution in [-0.2, 0) is 9.59 Å². The molecule has 4 heteroatoms. The smallest absolute Gasteiger partial charge is 0.242 e. The predicted octanol–water partition coefficient (Wildman–Crippen LogP) is 0.283. The van der Waals surface area contributed by atoms with Crippen molar-refractivity contribution >= 4 is 11.8 Å². The van der Waals surface area contributed by atoms with Gasteiger partial charge in [0.25, 0.3) is 0 Å². The van der Waals surface area contributed by atoms with Gasteiger partial charge < -0.3 is 10.6 Å². The Morgan fingerprint density at radius 1 is 1.38 bits per heavy atom. The van der Waals surface area contributed by atoms with Gasteiger partial charge in [-0.3, -0.25) is 9.59 Å². The number of amides is 2. The van der Waals surface area contributed by atoms with E-state index in [0.29, 0.717) is 0 Å². The summed E-state index contributed by atoms with van der Waals surface area (Å²) < 4.78 is 0. The van der Waals surface area contributed by atoms with Gasteiger partial charge in [-0.2, -0.15) is 0 Å². The number of likely N-dealkylation sites (N-methyl/N-ethyl adjacent to an activating group) is 1. The molecule has 13 heavy (non-hydrogen) atoms. The molecule has 0 aromatic rings. The second kappa shape index (κ2) is 5.56. The molecule has 0 saturated heterocycles. The molecule has 2 N–H and O–H groups in total. The lowest BCUT2D eigenvalue weighted by molar-refractivity contribution is -0.129. The van der Waals surface area contributed by atoms with Crippen LogP contribution in [0.5, 0.6) is 0 Å². The summed E-state index contributed by atoms with van der Waals surface area (Å²) >= 11 is 0. The number of nitrogens with one attached hydrogen (secondary N) is 2. The maximum absolute atomic E-state index is 11.3. The first-order valence-electron chi connectivity index (χ1n) is 4.51. The van der Waals surface area contributed by atoms with Gasteiger partial charge in [0, 0.05) is 14.0 Å². The zero-order chi connectivity index (χ0) is 10.4. The average Bonchev–Trinajstić information content (AvgIpc) is 2.11. The van der Waals surface area contributed by atoms with Gasteiger partial charge in [0.15, 0.2) is 0 Å². The van der Waals surface area contributed by atoms with Crippen molar-refractivity contribution in [3.8, 4) is 0 Å². The summed E-state index contributed by atoms with van der Waals surface area (Å²) in [4.78, 5) is 22.1. The van der Waals surface area contributed by atoms with Crippen LogP contribution in [0, 0.1) is 5.92 Å². The highest BCUT2D eigenvalue weighted by atomic mass is 16.2. The third-order valence-corrected chi connectivity index (χ3v) is 2.10. The summed E-state index contributed by atoms with van der Waals surface area (Å²) in [5.74, 6) is -0.151. The van der Waals surface area contributed by atoms with Crippen molar-refractivity contribution in [2.75, 3.05) is 7.05 Å². The Bertz CT molecular complexity index is 192. The van der Waals surface area contributed by atoms with E-state index in [0.717, 1.165) is 6.42 Å². The zero-order valence-corrected chi connectivity index (χ0v) is 8.68. The van der Waals surface area contributed by atoms with Crippen molar-refractivity contribution in [2.45, 2.75) is 33.2 Å². The summed E-state index contributed by atoms with van der Waals surface area (Å²) in [6.07, 6.45) is 0.859. The number of carbonyl (C=O) groups is 2. The Hall–Kier alpha value is -1.06. The van der Waals surface area contributed by atoms with E-state index in [4.69, 9.17) is 0 Å². The molecule has 0 fully saturated rings. The lowest BCUT2D eigenvalue weighted by Crippen LogP contribution is -2.48. The van der Waals surface area contributed by atoms with Crippen LogP contribution in [0.4, 0.5) is 0 Å². The van der Waals surface area contributed by atoms with Gasteiger partial charge >= 0.3 is 0 Å². The normalized spacial score (nSPS) is 14.5. The molecule has 0 aliphatic rings. The van der Waals surface area contributed by atoms with E-state index >= 15 is 0 Å². The average molecular weight is 186 g/mol. The standard InChI is InChI=1S/C9H18N2O2/c1-5-6(2)8(9(13)10-4)11-7(3)12/h6,8H,5H2,1-4H3,(H,10,13)(H,11,12)/t6?,8-/m0/s1. The predicted molar refractivity (Wildman–Crippen MR) is 51.1 cm³/mol. The summed E-state index contributed by atoms with van der Waals surface area (Å²) in [5.41, 5.74) is 0. The van der Waals surface area contributed by atoms with E-state index in [9.17, 15) is 9.59 Å². The fourth-order valence-electron chi connectivity index (χ4n) is 1.08. The topological polar surface area (TPSA) is 58.2 Å². The summed E-state index contributed by atoms with van der Waals surface area (Å²) in [6, 6.07) is -0.410. The maximum Gasteiger partial charge on any atom is 0.242 e. The van der Waals surface area contributed by atoms with Crippen LogP contribution in [-0.4, -0.2) is 24.9 Å². The largest absolute Gasteiger partial charge is 0.357 e. The van der Waals surface area contributed by atoms with E-state index in [-0.39, 0.29) is 17.7 Å². The highest BCUT2D eigenvalue weighted by Crippen LogP contribution is 2.07. The van der Waals surface area contributed by atoms with E-state index in [1.807, 2.05) is 13.8 Å². The fraction of sp³-hybridized carbons (Fsp3) is 0.778. The van der Waals surface area contributed by atoms with Gasteiger partial charge in [0.05, 0.1) is 0 Å². The third kappa shape index (κ3) is 3.92. The minimum atomic E-state index is -0.410. The number of hydrogen-bond acceptors (Lipinski definition) is 2. The lowest BCUT2D eigenvalue weighted by atomic mass is 9.98. The van der Waals surface area contributed by atoms with Crippen molar-refractivity contribution in [3.05, 3.63) is 0 Å². The number of carbonyl (C=O) groups excluding carboxylic acids is 2. The van der Waals surface area contributed by atoms with Gasteiger partial charge in [-0.05, 0) is 5.92 Å². The molecule has 0 aromatic carbocycles. The molecule has 0 spiro atoms. The van der Waals surface area contributed by atoms with Gasteiger partial charge in [0.2, 0.25) is 11.8 Å². The van der Waals surface area contributed by atoms with E-state index in [2.05, 4.69) is 10.6 Å². The SMILES string of the molecule is CCC(C)[C@H](NC(C)=O)C(=O)NC. The van der Waals surface area contributed by atoms with Crippen molar-refractivity contribution < 1.29 is 9.59 Å². The molecule has 0 aliphatic carbocycles. The molecule has 0 heterocycles. The summed E-state index contributed by atoms with van der Waals surface area (Å²) in [5, 5.41) is 5.16. The Morgan fingerprint density at radius 3 is 2.23 bits per heavy atom. The first-order chi connectivity index (χ1) is 6.02. The van der Waals surface area contributed by atoms with Crippen molar-refractivity contribution in [2.24, 2.45) is 5.92 Å². The van der Waals surface area contributed by atoms with Crippen molar-refractivity contribution in [1.29, 1.82) is 0 Å². The molecule has 1 unspecified atom stereocenters. The van der Waals surface area contributed by atoms with Crippen LogP contribution in [0.3, 0.4) is 0 Å². The summed E-state index contributed by atoms with van der Waals surface area (Å²) in [7, 11) is 1.57. The van der Waals surface area contributed by atoms with Crippen LogP contribution < -0.4 is 10.6 Å². The van der Waals surface area contributed by atoms with Gasteiger partial charge in [-0.25, -0.2) is 0 Å². The Balaban J connectivity index is 4.35. The van der Waals surface area contributed by atoms with E-state index < -0.39 is 6.04 Å². The molecule has 76 valence electrons. The molecule has 0 saturated carbocycles. The van der Waals surface area contributed by atoms with E-state index in [1.54, 1.807) is 7.05 Å². The maximum atomic E-state index is 11.3. The molecule has 0 radical (unpaired) electrons. The molecule has 0 aromatic heterocycles. The van der Waals surface area contributed by atoms with E-state index in [1.165, 1.54) is 6.92 Å². The molecule has 0 bridgehead atoms. The molecule has 0 rings (SSSR count). The lowest BCUT2D eigenvalue weighted by Gasteiger charge is -2.21. The molecule has 2 amide bonds. The van der Waals surface area contributed by atoms with Crippen LogP contribution >= 0.6 is 0 Å². The van der Waals surface area contributed by atoms with Gasteiger partial charge in [0.1, 0.15) is 6.04 Å². The fourth-order valence-corrected chi connectivity index (χ4v) is 1.08. The molecule has 0 aliphatic heterocycles. The first kappa shape index (κ1) is 11.9. The van der Waals surface area contributed by atoms with Crippen LogP contribution in [0.2, 0.25) is 0 Å². The van der Waals surface area contributed by atoms with Crippen molar-refractivity contribution in [3.63, 3.8) is 0 Å². The highest BCUT2D eigenvalue weighted by molar-refractivity contribution is 5.86. The Labute approximate surface area is 79.1 Å². The van der Waals surface area contributed by atoms with Crippen LogP contribution in [0.15, 0.2) is 0 Å². The Kier molecular flexibility index (Phi) is 5.11. The minimum Gasteiger partial charge on any atom is -0.357 e. The minimum absolute atomic E-state index is 0.135. The van der Waals surface area contributed by atoms with Crippen LogP contribution in [0.25, 0.3) is 0 Å². The number of rotatable bonds is 4. The highest BCUT2D eigenvalue weighted by Gasteiger charge is 2.23. The zero-order valence-electron chi connectivity index (χ0n) is 8.68. The second-order valence-electron chi connectivity index (χ2n) is 3.18. The summed E-state index contributed by atoms with van der Waals surface area (Å²) in [6.45, 7) is 5.34. The van der Waals surface area contributed by atoms with Crippen LogP contribution in [0.1, 0.15) is 27.2 Å². The quantitative estimate of drug-likeness (QED) is 0.662. The molecule has 4 nitrogen and oxygen atoms in total. The Morgan fingerprint density at radius 2 is 1.92 bits per heavy atom. The van der Waals surface area contributed by atoms with Gasteiger partial charge in [-0.1, -0.05) is 20.3 Å². The number of hydrogen-bond donors (Lipinski definition) is 2. The molecular weight excluding hydrogens is 168 g/mol.